The van der Waals surface area contributed by atoms with Crippen molar-refractivity contribution >= 4 is 91.7 Å². The number of nitrogens with zero attached hydrogens (tertiary/aromatic N) is 1. The molecule has 0 saturated carbocycles. The lowest BCUT2D eigenvalue weighted by atomic mass is 9.96. The molecule has 0 bridgehead atoms. The maximum Gasteiger partial charge on any atom is 0.0476 e. The Bertz CT molecular complexity index is 3080. The van der Waals surface area contributed by atoms with E-state index in [1.54, 1.807) is 0 Å². The number of thiophene rings is 1. The first kappa shape index (κ1) is 30.8. The van der Waals surface area contributed by atoms with Crippen LogP contribution in [-0.4, -0.2) is 0 Å². The molecule has 0 N–H and O–H groups in total. The molecule has 11 aromatic rings. The fourth-order valence-electron chi connectivity index (χ4n) is 8.31. The summed E-state index contributed by atoms with van der Waals surface area (Å²) in [5.41, 5.74) is 8.16. The summed E-state index contributed by atoms with van der Waals surface area (Å²) in [7, 11) is 0. The third kappa shape index (κ3) is 5.15. The molecular weight excluding hydrogens is 671 g/mol. The molecule has 0 amide bonds. The minimum atomic E-state index is 1.12. The minimum absolute atomic E-state index is 1.12. The van der Waals surface area contributed by atoms with Gasteiger partial charge in [-0.15, -0.1) is 11.3 Å². The van der Waals surface area contributed by atoms with Crippen molar-refractivity contribution in [1.29, 1.82) is 0 Å². The lowest BCUT2D eigenvalue weighted by molar-refractivity contribution is 1.29. The Kier molecular flexibility index (Phi) is 7.11. The molecule has 11 rings (SSSR count). The van der Waals surface area contributed by atoms with Gasteiger partial charge >= 0.3 is 0 Å². The van der Waals surface area contributed by atoms with Gasteiger partial charge in [0.05, 0.1) is 0 Å². The Morgan fingerprint density at radius 1 is 0.259 bits per heavy atom. The van der Waals surface area contributed by atoms with Crippen LogP contribution >= 0.6 is 11.3 Å². The highest BCUT2D eigenvalue weighted by atomic mass is 32.1. The van der Waals surface area contributed by atoms with Crippen molar-refractivity contribution in [2.45, 2.75) is 0 Å². The normalized spacial score (nSPS) is 11.7. The van der Waals surface area contributed by atoms with Crippen LogP contribution in [-0.2, 0) is 0 Å². The summed E-state index contributed by atoms with van der Waals surface area (Å²) in [5, 5.41) is 12.8. The van der Waals surface area contributed by atoms with Gasteiger partial charge < -0.3 is 4.90 Å². The first-order valence-corrected chi connectivity index (χ1v) is 19.3. The van der Waals surface area contributed by atoms with E-state index in [0.717, 1.165) is 17.1 Å². The van der Waals surface area contributed by atoms with Gasteiger partial charge in [0.15, 0.2) is 0 Å². The molecule has 10 aromatic carbocycles. The zero-order valence-corrected chi connectivity index (χ0v) is 30.2. The maximum atomic E-state index is 2.42. The maximum absolute atomic E-state index is 2.42. The number of rotatable bonds is 5. The van der Waals surface area contributed by atoms with E-state index in [1.807, 2.05) is 11.3 Å². The summed E-state index contributed by atoms with van der Waals surface area (Å²) in [6.07, 6.45) is 0. The van der Waals surface area contributed by atoms with Crippen molar-refractivity contribution in [3.05, 3.63) is 200 Å². The summed E-state index contributed by atoms with van der Waals surface area (Å²) in [6.45, 7) is 0. The number of benzene rings is 10. The molecule has 1 aromatic heterocycles. The second kappa shape index (κ2) is 12.4. The highest BCUT2D eigenvalue weighted by Gasteiger charge is 2.17. The summed E-state index contributed by atoms with van der Waals surface area (Å²) >= 11 is 1.86. The highest BCUT2D eigenvalue weighted by Crippen LogP contribution is 2.43. The zero-order valence-electron chi connectivity index (χ0n) is 29.4. The average Bonchev–Trinajstić information content (AvgIpc) is 3.61. The van der Waals surface area contributed by atoms with Crippen molar-refractivity contribution in [2.75, 3.05) is 4.90 Å². The van der Waals surface area contributed by atoms with E-state index in [2.05, 4.69) is 205 Å². The largest absolute Gasteiger partial charge is 0.310 e. The van der Waals surface area contributed by atoms with Crippen LogP contribution in [0.1, 0.15) is 0 Å². The average molecular weight is 704 g/mol. The number of anilines is 3. The van der Waals surface area contributed by atoms with E-state index in [4.69, 9.17) is 0 Å². The van der Waals surface area contributed by atoms with Crippen molar-refractivity contribution < 1.29 is 0 Å². The second-order valence-corrected chi connectivity index (χ2v) is 15.2. The zero-order chi connectivity index (χ0) is 35.6. The van der Waals surface area contributed by atoms with Gasteiger partial charge in [-0.05, 0) is 120 Å². The SMILES string of the molecule is c1cc(-c2ccc3ccc4ccccc4c3c2)cc(N(c2cccc(-c3ccc4ccc5ccccc5c4c3)c2)c2ccc3c(c2)sc2ccccc23)c1. The molecule has 0 aliphatic carbocycles. The van der Waals surface area contributed by atoms with Gasteiger partial charge in [-0.2, -0.15) is 0 Å². The van der Waals surface area contributed by atoms with Crippen LogP contribution in [0, 0.1) is 0 Å². The molecule has 1 heterocycles. The van der Waals surface area contributed by atoms with Crippen LogP contribution in [0.2, 0.25) is 0 Å². The van der Waals surface area contributed by atoms with Gasteiger partial charge in [0, 0.05) is 37.2 Å². The van der Waals surface area contributed by atoms with Crippen molar-refractivity contribution in [1.82, 2.24) is 0 Å². The quantitative estimate of drug-likeness (QED) is 0.161. The predicted molar refractivity (Wildman–Crippen MR) is 235 cm³/mol. The lowest BCUT2D eigenvalue weighted by Crippen LogP contribution is -2.10. The first-order valence-electron chi connectivity index (χ1n) is 18.5. The van der Waals surface area contributed by atoms with E-state index in [9.17, 15) is 0 Å². The smallest absolute Gasteiger partial charge is 0.0476 e. The van der Waals surface area contributed by atoms with Gasteiger partial charge in [0.1, 0.15) is 0 Å². The standard InChI is InChI=1S/C52H33NS/c1-3-15-45-34(9-1)19-21-36-23-25-40(31-49(36)45)38-11-7-13-42(29-38)53(44-27-28-48-47-17-5-6-18-51(47)54-52(48)33-44)43-14-8-12-39(30-43)41-26-24-37-22-20-35-10-2-4-16-46(35)50(37)32-41/h1-33H. The topological polar surface area (TPSA) is 3.24 Å². The van der Waals surface area contributed by atoms with E-state index in [1.165, 1.54) is 85.5 Å². The van der Waals surface area contributed by atoms with Crippen molar-refractivity contribution in [2.24, 2.45) is 0 Å². The number of fused-ring (bicyclic) bond motifs is 9. The van der Waals surface area contributed by atoms with Crippen LogP contribution in [0.25, 0.3) is 85.5 Å². The third-order valence-electron chi connectivity index (χ3n) is 11.0. The molecule has 0 unspecified atom stereocenters. The molecule has 0 aliphatic rings. The molecule has 0 spiro atoms. The number of hydrogen-bond acceptors (Lipinski definition) is 2. The summed E-state index contributed by atoms with van der Waals surface area (Å²) < 4.78 is 2.60. The molecule has 0 saturated heterocycles. The molecule has 54 heavy (non-hydrogen) atoms. The molecule has 0 aliphatic heterocycles. The van der Waals surface area contributed by atoms with Gasteiger partial charge in [-0.1, -0.05) is 146 Å². The van der Waals surface area contributed by atoms with Crippen LogP contribution in [0.5, 0.6) is 0 Å². The summed E-state index contributed by atoms with van der Waals surface area (Å²) in [6, 6.07) is 73.7. The van der Waals surface area contributed by atoms with Gasteiger partial charge in [-0.25, -0.2) is 0 Å². The van der Waals surface area contributed by atoms with Crippen molar-refractivity contribution in [3.8, 4) is 22.3 Å². The minimum Gasteiger partial charge on any atom is -0.310 e. The van der Waals surface area contributed by atoms with Crippen LogP contribution in [0.3, 0.4) is 0 Å². The molecular formula is C52H33NS. The van der Waals surface area contributed by atoms with E-state index in [-0.39, 0.29) is 0 Å². The third-order valence-corrected chi connectivity index (χ3v) is 12.1. The Hall–Kier alpha value is -6.74. The van der Waals surface area contributed by atoms with Crippen molar-refractivity contribution in [3.63, 3.8) is 0 Å². The lowest BCUT2D eigenvalue weighted by Gasteiger charge is -2.27. The predicted octanol–water partition coefficient (Wildman–Crippen LogP) is 15.5. The summed E-state index contributed by atoms with van der Waals surface area (Å²) in [5.74, 6) is 0. The Morgan fingerprint density at radius 2 is 0.704 bits per heavy atom. The van der Waals surface area contributed by atoms with E-state index in [0.29, 0.717) is 0 Å². The van der Waals surface area contributed by atoms with Crippen LogP contribution in [0.15, 0.2) is 200 Å². The Labute approximate surface area is 317 Å². The molecule has 252 valence electrons. The highest BCUT2D eigenvalue weighted by molar-refractivity contribution is 7.25. The van der Waals surface area contributed by atoms with Gasteiger partial charge in [0.25, 0.3) is 0 Å². The summed E-state index contributed by atoms with van der Waals surface area (Å²) in [4.78, 5) is 2.42. The first-order chi connectivity index (χ1) is 26.7. The van der Waals surface area contributed by atoms with Gasteiger partial charge in [0.2, 0.25) is 0 Å². The Balaban J connectivity index is 1.08. The number of hydrogen-bond donors (Lipinski definition) is 0. The molecule has 1 nitrogen and oxygen atoms in total. The fourth-order valence-corrected chi connectivity index (χ4v) is 9.45. The van der Waals surface area contributed by atoms with E-state index < -0.39 is 0 Å². The van der Waals surface area contributed by atoms with Gasteiger partial charge in [-0.3, -0.25) is 0 Å². The molecule has 2 heteroatoms. The van der Waals surface area contributed by atoms with Crippen LogP contribution in [0.4, 0.5) is 17.1 Å². The second-order valence-electron chi connectivity index (χ2n) is 14.2. The molecule has 0 radical (unpaired) electrons. The molecule has 0 atom stereocenters. The van der Waals surface area contributed by atoms with E-state index >= 15 is 0 Å². The molecule has 0 fully saturated rings. The Morgan fingerprint density at radius 3 is 1.30 bits per heavy atom. The monoisotopic (exact) mass is 703 g/mol. The fraction of sp³-hybridized carbons (Fsp3) is 0. The van der Waals surface area contributed by atoms with Crippen LogP contribution < -0.4 is 4.90 Å².